The van der Waals surface area contributed by atoms with Gasteiger partial charge in [0.25, 0.3) is 0 Å². The number of benzene rings is 1. The van der Waals surface area contributed by atoms with Gasteiger partial charge >= 0.3 is 0 Å². The van der Waals surface area contributed by atoms with Crippen molar-refractivity contribution in [1.82, 2.24) is 0 Å². The molecular weight excluding hydrogens is 214 g/mol. The molecule has 0 radical (unpaired) electrons. The maximum Gasteiger partial charge on any atom is 0.234 e. The summed E-state index contributed by atoms with van der Waals surface area (Å²) in [4.78, 5) is 24.1. The zero-order valence-electron chi connectivity index (χ0n) is 10.7. The second-order valence-electron chi connectivity index (χ2n) is 4.25. The largest absolute Gasteiger partial charge is 0.315 e. The summed E-state index contributed by atoms with van der Waals surface area (Å²) in [5.74, 6) is -0.273. The lowest BCUT2D eigenvalue weighted by Gasteiger charge is -2.17. The number of nitrogens with zero attached hydrogens (tertiary/aromatic N) is 1. The first kappa shape index (κ1) is 13.4. The van der Waals surface area contributed by atoms with Gasteiger partial charge in [-0.05, 0) is 31.0 Å². The highest BCUT2D eigenvalue weighted by Gasteiger charge is 2.12. The number of rotatable bonds is 5. The van der Waals surface area contributed by atoms with Crippen molar-refractivity contribution in [3.05, 3.63) is 29.8 Å². The van der Waals surface area contributed by atoms with Gasteiger partial charge in [0.2, 0.25) is 5.91 Å². The predicted molar refractivity (Wildman–Crippen MR) is 69.1 cm³/mol. The van der Waals surface area contributed by atoms with E-state index in [1.165, 1.54) is 17.4 Å². The summed E-state index contributed by atoms with van der Waals surface area (Å²) in [6, 6.07) is 7.89. The van der Waals surface area contributed by atoms with Gasteiger partial charge in [-0.25, -0.2) is 0 Å². The number of anilines is 1. The molecule has 0 saturated carbocycles. The number of hydrogen-bond donors (Lipinski definition) is 0. The number of carbonyl (C=O) groups is 2. The van der Waals surface area contributed by atoms with E-state index in [4.69, 9.17) is 0 Å². The molecule has 0 aliphatic carbocycles. The third kappa shape index (κ3) is 4.02. The smallest absolute Gasteiger partial charge is 0.234 e. The third-order valence-electron chi connectivity index (χ3n) is 2.64. The van der Waals surface area contributed by atoms with Gasteiger partial charge in [0.15, 0.2) is 0 Å². The molecular formula is C14H19NO2. The number of carbonyl (C=O) groups excluding carboxylic acids is 2. The lowest BCUT2D eigenvalue weighted by Crippen LogP contribution is -2.27. The van der Waals surface area contributed by atoms with Crippen LogP contribution in [0.3, 0.4) is 0 Å². The molecule has 1 aromatic rings. The van der Waals surface area contributed by atoms with Gasteiger partial charge in [0.05, 0.1) is 6.42 Å². The predicted octanol–water partition coefficient (Wildman–Crippen LogP) is 2.58. The highest BCUT2D eigenvalue weighted by Crippen LogP contribution is 2.15. The van der Waals surface area contributed by atoms with Crippen LogP contribution in [0.4, 0.5) is 5.69 Å². The molecule has 0 heterocycles. The van der Waals surface area contributed by atoms with Crippen molar-refractivity contribution in [1.29, 1.82) is 0 Å². The molecule has 3 heteroatoms. The van der Waals surface area contributed by atoms with Crippen LogP contribution in [0, 0.1) is 0 Å². The first-order chi connectivity index (χ1) is 8.04. The molecule has 1 rings (SSSR count). The van der Waals surface area contributed by atoms with Crippen LogP contribution in [0.25, 0.3) is 0 Å². The number of Topliss-reactive ketones (excluding diaryl/α,β-unsaturated/α-hetero) is 1. The first-order valence-corrected chi connectivity index (χ1v) is 5.89. The van der Waals surface area contributed by atoms with Gasteiger partial charge in [-0.3, -0.25) is 9.59 Å². The second kappa shape index (κ2) is 6.18. The summed E-state index contributed by atoms with van der Waals surface area (Å²) in [5.41, 5.74) is 2.10. The zero-order chi connectivity index (χ0) is 12.8. The van der Waals surface area contributed by atoms with Crippen LogP contribution >= 0.6 is 0 Å². The Kier molecular flexibility index (Phi) is 4.88. The maximum absolute atomic E-state index is 11.7. The Balaban J connectivity index is 2.72. The summed E-state index contributed by atoms with van der Waals surface area (Å²) >= 11 is 0. The summed E-state index contributed by atoms with van der Waals surface area (Å²) in [7, 11) is 1.69. The Morgan fingerprint density at radius 1 is 1.18 bits per heavy atom. The van der Waals surface area contributed by atoms with Crippen molar-refractivity contribution in [2.24, 2.45) is 0 Å². The monoisotopic (exact) mass is 233 g/mol. The molecule has 1 amide bonds. The third-order valence-corrected chi connectivity index (χ3v) is 2.64. The highest BCUT2D eigenvalue weighted by molar-refractivity contribution is 6.04. The van der Waals surface area contributed by atoms with Crippen LogP contribution < -0.4 is 4.90 Å². The lowest BCUT2D eigenvalue weighted by atomic mass is 10.1. The van der Waals surface area contributed by atoms with Crippen molar-refractivity contribution in [2.75, 3.05) is 11.9 Å². The number of hydrogen-bond acceptors (Lipinski definition) is 2. The number of amides is 1. The Morgan fingerprint density at radius 3 is 2.24 bits per heavy atom. The van der Waals surface area contributed by atoms with Gasteiger partial charge in [-0.15, -0.1) is 0 Å². The van der Waals surface area contributed by atoms with Gasteiger partial charge in [-0.1, -0.05) is 25.5 Å². The van der Waals surface area contributed by atoms with Crippen LogP contribution in [-0.4, -0.2) is 18.7 Å². The van der Waals surface area contributed by atoms with Crippen molar-refractivity contribution >= 4 is 17.4 Å². The van der Waals surface area contributed by atoms with E-state index in [0.29, 0.717) is 0 Å². The lowest BCUT2D eigenvalue weighted by molar-refractivity contribution is -0.125. The molecule has 0 unspecified atom stereocenters. The molecule has 0 bridgehead atoms. The van der Waals surface area contributed by atoms with Crippen molar-refractivity contribution in [3.63, 3.8) is 0 Å². The van der Waals surface area contributed by atoms with E-state index in [1.54, 1.807) is 7.05 Å². The molecule has 0 saturated heterocycles. The fourth-order valence-electron chi connectivity index (χ4n) is 1.65. The average Bonchev–Trinajstić information content (AvgIpc) is 2.28. The second-order valence-corrected chi connectivity index (χ2v) is 4.25. The molecule has 0 aliphatic heterocycles. The van der Waals surface area contributed by atoms with E-state index in [1.807, 2.05) is 24.3 Å². The molecule has 0 N–H and O–H groups in total. The summed E-state index contributed by atoms with van der Waals surface area (Å²) in [6.07, 6.45) is 2.12. The highest BCUT2D eigenvalue weighted by atomic mass is 16.2. The molecule has 0 spiro atoms. The van der Waals surface area contributed by atoms with Crippen molar-refractivity contribution in [2.45, 2.75) is 33.1 Å². The standard InChI is InChI=1S/C14H19NO2/c1-4-5-12-6-8-13(9-7-12)15(3)14(17)10-11(2)16/h6-9H,4-5,10H2,1-3H3. The Bertz CT molecular complexity index is 395. The van der Waals surface area contributed by atoms with E-state index in [9.17, 15) is 9.59 Å². The Labute approximate surface area is 102 Å². The minimum atomic E-state index is -0.166. The summed E-state index contributed by atoms with van der Waals surface area (Å²) in [5, 5.41) is 0. The van der Waals surface area contributed by atoms with E-state index < -0.39 is 0 Å². The fourth-order valence-corrected chi connectivity index (χ4v) is 1.65. The van der Waals surface area contributed by atoms with Crippen LogP contribution in [-0.2, 0) is 16.0 Å². The fraction of sp³-hybridized carbons (Fsp3) is 0.429. The number of aryl methyl sites for hydroxylation is 1. The molecule has 3 nitrogen and oxygen atoms in total. The molecule has 0 aromatic heterocycles. The van der Waals surface area contributed by atoms with Gasteiger partial charge < -0.3 is 4.90 Å². The first-order valence-electron chi connectivity index (χ1n) is 5.89. The van der Waals surface area contributed by atoms with Gasteiger partial charge in [0.1, 0.15) is 5.78 Å². The number of ketones is 1. The molecule has 0 fully saturated rings. The average molecular weight is 233 g/mol. The van der Waals surface area contributed by atoms with E-state index >= 15 is 0 Å². The minimum Gasteiger partial charge on any atom is -0.315 e. The molecule has 1 aromatic carbocycles. The van der Waals surface area contributed by atoms with Crippen molar-refractivity contribution in [3.8, 4) is 0 Å². The van der Waals surface area contributed by atoms with Crippen LogP contribution in [0.1, 0.15) is 32.3 Å². The van der Waals surface area contributed by atoms with E-state index in [2.05, 4.69) is 6.92 Å². The zero-order valence-corrected chi connectivity index (χ0v) is 10.7. The van der Waals surface area contributed by atoms with Crippen LogP contribution in [0.2, 0.25) is 0 Å². The molecule has 0 atom stereocenters. The molecule has 92 valence electrons. The SMILES string of the molecule is CCCc1ccc(N(C)C(=O)CC(C)=O)cc1. The molecule has 0 aliphatic rings. The summed E-state index contributed by atoms with van der Waals surface area (Å²) < 4.78 is 0. The van der Waals surface area contributed by atoms with Gasteiger partial charge in [-0.2, -0.15) is 0 Å². The van der Waals surface area contributed by atoms with Gasteiger partial charge in [0, 0.05) is 12.7 Å². The van der Waals surface area contributed by atoms with Crippen LogP contribution in [0.5, 0.6) is 0 Å². The Hall–Kier alpha value is -1.64. The van der Waals surface area contributed by atoms with Crippen molar-refractivity contribution < 1.29 is 9.59 Å². The maximum atomic E-state index is 11.7. The quantitative estimate of drug-likeness (QED) is 0.733. The van der Waals surface area contributed by atoms with E-state index in [-0.39, 0.29) is 18.1 Å². The molecule has 17 heavy (non-hydrogen) atoms. The normalized spacial score (nSPS) is 10.1. The van der Waals surface area contributed by atoms with Crippen LogP contribution in [0.15, 0.2) is 24.3 Å². The Morgan fingerprint density at radius 2 is 1.76 bits per heavy atom. The topological polar surface area (TPSA) is 37.4 Å². The minimum absolute atomic E-state index is 0.0345. The summed E-state index contributed by atoms with van der Waals surface area (Å²) in [6.45, 7) is 3.56. The van der Waals surface area contributed by atoms with E-state index in [0.717, 1.165) is 18.5 Å².